The molecule has 7 nitrogen and oxygen atoms in total. The van der Waals surface area contributed by atoms with Crippen molar-refractivity contribution in [2.24, 2.45) is 0 Å². The number of amides is 1. The summed E-state index contributed by atoms with van der Waals surface area (Å²) in [4.78, 5) is 12.3. The number of carbonyl (C=O) groups is 1. The quantitative estimate of drug-likeness (QED) is 0.586. The highest BCUT2D eigenvalue weighted by atomic mass is 79.9. The van der Waals surface area contributed by atoms with E-state index in [1.807, 2.05) is 0 Å². The molecule has 9 heteroatoms. The Hall–Kier alpha value is -2.52. The number of benzene rings is 1. The molecular formula is C18H16BrNO6S. The van der Waals surface area contributed by atoms with Crippen LogP contribution in [0.3, 0.4) is 0 Å². The van der Waals surface area contributed by atoms with Gasteiger partial charge in [0.1, 0.15) is 16.8 Å². The van der Waals surface area contributed by atoms with E-state index in [-0.39, 0.29) is 23.0 Å². The average molecular weight is 454 g/mol. The Morgan fingerprint density at radius 3 is 2.48 bits per heavy atom. The molecule has 0 fully saturated rings. The first kappa shape index (κ1) is 19.2. The second-order valence-corrected chi connectivity index (χ2v) is 8.45. The van der Waals surface area contributed by atoms with Gasteiger partial charge in [-0.15, -0.1) is 0 Å². The minimum Gasteiger partial charge on any atom is -0.497 e. The topological polar surface area (TPSA) is 98.8 Å². The van der Waals surface area contributed by atoms with Crippen LogP contribution in [0.2, 0.25) is 0 Å². The molecule has 0 saturated heterocycles. The van der Waals surface area contributed by atoms with Crippen molar-refractivity contribution in [3.63, 3.8) is 0 Å². The molecule has 0 aliphatic heterocycles. The molecular weight excluding hydrogens is 438 g/mol. The van der Waals surface area contributed by atoms with Crippen molar-refractivity contribution in [1.82, 2.24) is 5.32 Å². The molecule has 2 heterocycles. The second-order valence-electron chi connectivity index (χ2n) is 5.54. The van der Waals surface area contributed by atoms with Crippen LogP contribution in [0, 0.1) is 0 Å². The van der Waals surface area contributed by atoms with Crippen molar-refractivity contribution in [1.29, 1.82) is 0 Å². The Morgan fingerprint density at radius 2 is 1.93 bits per heavy atom. The van der Waals surface area contributed by atoms with Gasteiger partial charge in [-0.1, -0.05) is 0 Å². The molecule has 1 N–H and O–H groups in total. The Bertz CT molecular complexity index is 1010. The van der Waals surface area contributed by atoms with Crippen LogP contribution in [0.1, 0.15) is 21.6 Å². The monoisotopic (exact) mass is 453 g/mol. The highest BCUT2D eigenvalue weighted by Gasteiger charge is 2.32. The zero-order valence-electron chi connectivity index (χ0n) is 14.2. The molecule has 27 heavy (non-hydrogen) atoms. The largest absolute Gasteiger partial charge is 0.497 e. The van der Waals surface area contributed by atoms with E-state index in [0.717, 1.165) is 0 Å². The molecule has 0 aliphatic rings. The summed E-state index contributed by atoms with van der Waals surface area (Å²) >= 11 is 3.12. The number of rotatable bonds is 7. The van der Waals surface area contributed by atoms with Gasteiger partial charge in [0.05, 0.1) is 18.3 Å². The summed E-state index contributed by atoms with van der Waals surface area (Å²) in [6.45, 7) is -0.182. The van der Waals surface area contributed by atoms with Gasteiger partial charge in [0.15, 0.2) is 20.3 Å². The van der Waals surface area contributed by atoms with Crippen LogP contribution < -0.4 is 10.1 Å². The van der Waals surface area contributed by atoms with Gasteiger partial charge in [0, 0.05) is 6.54 Å². The van der Waals surface area contributed by atoms with Gasteiger partial charge in [-0.25, -0.2) is 8.42 Å². The van der Waals surface area contributed by atoms with Gasteiger partial charge in [0.2, 0.25) is 0 Å². The third-order valence-corrected chi connectivity index (χ3v) is 6.37. The first-order valence-electron chi connectivity index (χ1n) is 7.86. The molecule has 0 radical (unpaired) electrons. The van der Waals surface area contributed by atoms with Crippen LogP contribution in [-0.2, 0) is 9.84 Å². The van der Waals surface area contributed by atoms with Crippen molar-refractivity contribution in [3.8, 4) is 5.75 Å². The molecule has 3 aromatic rings. The molecule has 0 spiro atoms. The fourth-order valence-corrected chi connectivity index (χ4v) is 4.37. The van der Waals surface area contributed by atoms with Crippen molar-refractivity contribution in [2.45, 2.75) is 10.1 Å². The standard InChI is InChI=1S/C18H16BrNO6S/c1-24-12-4-6-13(7-5-12)27(22,23)16(14-3-2-10-25-14)11-20-18(21)15-8-9-17(19)26-15/h2-10,16H,11H2,1H3,(H,20,21)/t16-/m0/s1. The zero-order valence-corrected chi connectivity index (χ0v) is 16.6. The van der Waals surface area contributed by atoms with Crippen LogP contribution in [0.25, 0.3) is 0 Å². The zero-order chi connectivity index (χ0) is 19.4. The fourth-order valence-electron chi connectivity index (χ4n) is 2.48. The van der Waals surface area contributed by atoms with Gasteiger partial charge in [-0.05, 0) is 64.5 Å². The van der Waals surface area contributed by atoms with E-state index in [0.29, 0.717) is 10.4 Å². The third-order valence-electron chi connectivity index (χ3n) is 3.87. The summed E-state index contributed by atoms with van der Waals surface area (Å²) in [7, 11) is -2.33. The average Bonchev–Trinajstić information content (AvgIpc) is 3.33. The lowest BCUT2D eigenvalue weighted by Crippen LogP contribution is -2.31. The summed E-state index contributed by atoms with van der Waals surface area (Å²) in [5, 5.41) is 1.49. The number of hydrogen-bond donors (Lipinski definition) is 1. The van der Waals surface area contributed by atoms with Crippen LogP contribution >= 0.6 is 15.9 Å². The van der Waals surface area contributed by atoms with Crippen LogP contribution in [0.5, 0.6) is 5.75 Å². The number of ether oxygens (including phenoxy) is 1. The molecule has 142 valence electrons. The van der Waals surface area contributed by atoms with Crippen LogP contribution in [0.4, 0.5) is 0 Å². The van der Waals surface area contributed by atoms with Crippen molar-refractivity contribution in [3.05, 3.63) is 71.0 Å². The molecule has 0 bridgehead atoms. The third kappa shape index (κ3) is 4.25. The summed E-state index contributed by atoms with van der Waals surface area (Å²) in [5.41, 5.74) is 0. The smallest absolute Gasteiger partial charge is 0.287 e. The maximum Gasteiger partial charge on any atom is 0.287 e. The lowest BCUT2D eigenvalue weighted by atomic mass is 10.3. The van der Waals surface area contributed by atoms with Crippen molar-refractivity contribution >= 4 is 31.7 Å². The summed E-state index contributed by atoms with van der Waals surface area (Å²) in [5.74, 6) is 0.316. The number of methoxy groups -OCH3 is 1. The predicted octanol–water partition coefficient (Wildman–Crippen LogP) is 3.59. The predicted molar refractivity (Wildman–Crippen MR) is 100 cm³/mol. The van der Waals surface area contributed by atoms with E-state index in [4.69, 9.17) is 13.6 Å². The highest BCUT2D eigenvalue weighted by Crippen LogP contribution is 2.30. The maximum absolute atomic E-state index is 13.1. The number of sulfone groups is 1. The molecule has 1 amide bonds. The summed E-state index contributed by atoms with van der Waals surface area (Å²) < 4.78 is 42.2. The van der Waals surface area contributed by atoms with Gasteiger partial charge in [-0.3, -0.25) is 4.79 Å². The molecule has 1 aromatic carbocycles. The number of halogens is 1. The first-order chi connectivity index (χ1) is 12.9. The fraction of sp³-hybridized carbons (Fsp3) is 0.167. The Balaban J connectivity index is 1.85. The lowest BCUT2D eigenvalue weighted by Gasteiger charge is -2.16. The van der Waals surface area contributed by atoms with E-state index in [1.54, 1.807) is 30.3 Å². The highest BCUT2D eigenvalue weighted by molar-refractivity contribution is 9.10. The number of carbonyl (C=O) groups excluding carboxylic acids is 1. The molecule has 1 atom stereocenters. The first-order valence-corrected chi connectivity index (χ1v) is 10.2. The van der Waals surface area contributed by atoms with Crippen molar-refractivity contribution < 1.29 is 26.8 Å². The summed E-state index contributed by atoms with van der Waals surface area (Å²) in [6.07, 6.45) is 1.39. The number of hydrogen-bond acceptors (Lipinski definition) is 6. The van der Waals surface area contributed by atoms with Crippen molar-refractivity contribution in [2.75, 3.05) is 13.7 Å². The van der Waals surface area contributed by atoms with Crippen LogP contribution in [-0.4, -0.2) is 28.0 Å². The van der Waals surface area contributed by atoms with Crippen LogP contribution in [0.15, 0.2) is 73.2 Å². The second kappa shape index (κ2) is 8.01. The van der Waals surface area contributed by atoms with E-state index in [1.165, 1.54) is 31.6 Å². The molecule has 2 aromatic heterocycles. The van der Waals surface area contributed by atoms with Gasteiger partial charge >= 0.3 is 0 Å². The SMILES string of the molecule is COc1ccc(S(=O)(=O)[C@@H](CNC(=O)c2ccc(Br)o2)c2ccco2)cc1. The molecule has 0 saturated carbocycles. The lowest BCUT2D eigenvalue weighted by molar-refractivity contribution is 0.0924. The molecule has 0 unspecified atom stereocenters. The van der Waals surface area contributed by atoms with E-state index in [2.05, 4.69) is 21.2 Å². The molecule has 3 rings (SSSR count). The minimum absolute atomic E-state index is 0.0712. The van der Waals surface area contributed by atoms with Gasteiger partial charge in [0.25, 0.3) is 5.91 Å². The maximum atomic E-state index is 13.1. The minimum atomic E-state index is -3.83. The number of furan rings is 2. The van der Waals surface area contributed by atoms with Gasteiger partial charge < -0.3 is 18.9 Å². The normalized spacial score (nSPS) is 12.5. The van der Waals surface area contributed by atoms with E-state index >= 15 is 0 Å². The Kier molecular flexibility index (Phi) is 5.71. The molecule has 0 aliphatic carbocycles. The Morgan fingerprint density at radius 1 is 1.19 bits per heavy atom. The van der Waals surface area contributed by atoms with E-state index < -0.39 is 21.0 Å². The number of nitrogens with one attached hydrogen (secondary N) is 1. The summed E-state index contributed by atoms with van der Waals surface area (Å²) in [6, 6.07) is 12.2. The van der Waals surface area contributed by atoms with E-state index in [9.17, 15) is 13.2 Å². The van der Waals surface area contributed by atoms with Gasteiger partial charge in [-0.2, -0.15) is 0 Å². The Labute approximate surface area is 164 Å².